The molecule has 4 aromatic carbocycles. The average Bonchev–Trinajstić information content (AvgIpc) is 2.96. The number of rotatable bonds is 4. The zero-order chi connectivity index (χ0) is 26.3. The van der Waals surface area contributed by atoms with E-state index in [1.165, 1.54) is 22.3 Å². The van der Waals surface area contributed by atoms with Gasteiger partial charge in [0.05, 0.1) is 0 Å². The van der Waals surface area contributed by atoms with Crippen molar-refractivity contribution in [2.75, 3.05) is 0 Å². The molecule has 4 heteroatoms. The largest absolute Gasteiger partial charge is 0.102 e. The lowest BCUT2D eigenvalue weighted by atomic mass is 9.31. The van der Waals surface area contributed by atoms with Gasteiger partial charge in [-0.05, 0) is 53.4 Å². The van der Waals surface area contributed by atoms with Crippen molar-refractivity contribution in [1.29, 1.82) is 0 Å². The Hall–Kier alpha value is -1.20. The van der Waals surface area contributed by atoms with Crippen molar-refractivity contribution in [3.63, 3.8) is 0 Å². The Morgan fingerprint density at radius 3 is 1.11 bits per heavy atom. The van der Waals surface area contributed by atoms with Crippen LogP contribution in [0.5, 0.6) is 0 Å². The normalized spacial score (nSPS) is 34.2. The molecule has 0 radical (unpaired) electrons. The molecule has 0 N–H and O–H groups in total. The van der Waals surface area contributed by atoms with E-state index in [1.807, 2.05) is 0 Å². The van der Waals surface area contributed by atoms with E-state index in [9.17, 15) is 0 Å². The summed E-state index contributed by atoms with van der Waals surface area (Å²) in [6, 6.07) is 45.0. The smallest absolute Gasteiger partial charge is 0.0707 e. The third-order valence-corrected chi connectivity index (χ3v) is 15.8. The van der Waals surface area contributed by atoms with Crippen molar-refractivity contribution >= 4 is 63.7 Å². The monoisotopic (exact) mass is 752 g/mol. The number of benzene rings is 4. The fourth-order valence-electron chi connectivity index (χ4n) is 8.74. The first-order chi connectivity index (χ1) is 18.2. The van der Waals surface area contributed by atoms with Gasteiger partial charge in [-0.1, -0.05) is 185 Å². The SMILES string of the molecule is BrC1(Br)C2(c3ccccc3)CC3(c4ccccc4)CC(c4ccccc4)(C2)C(Br)(Br)C1(c1ccccc1)C3. The summed E-state index contributed by atoms with van der Waals surface area (Å²) in [7, 11) is 0. The molecule has 4 fully saturated rings. The minimum Gasteiger partial charge on any atom is -0.0707 e. The van der Waals surface area contributed by atoms with Gasteiger partial charge in [0.2, 0.25) is 0 Å². The highest BCUT2D eigenvalue weighted by Gasteiger charge is 2.86. The van der Waals surface area contributed by atoms with Gasteiger partial charge in [-0.2, -0.15) is 0 Å². The van der Waals surface area contributed by atoms with E-state index in [0.717, 1.165) is 25.7 Å². The van der Waals surface area contributed by atoms with E-state index in [4.69, 9.17) is 0 Å². The molecule has 0 heterocycles. The minimum atomic E-state index is -0.424. The average molecular weight is 756 g/mol. The first-order valence-corrected chi connectivity index (χ1v) is 16.4. The Balaban J connectivity index is 1.65. The molecule has 0 nitrogen and oxygen atoms in total. The lowest BCUT2D eigenvalue weighted by Crippen LogP contribution is -2.83. The number of hydrogen-bond donors (Lipinski definition) is 0. The Morgan fingerprint density at radius 1 is 0.368 bits per heavy atom. The second kappa shape index (κ2) is 8.65. The van der Waals surface area contributed by atoms with Gasteiger partial charge in [-0.3, -0.25) is 0 Å². The van der Waals surface area contributed by atoms with Crippen LogP contribution >= 0.6 is 63.7 Å². The Morgan fingerprint density at radius 2 is 0.711 bits per heavy atom. The lowest BCUT2D eigenvalue weighted by molar-refractivity contribution is -0.0683. The van der Waals surface area contributed by atoms with Gasteiger partial charge in [0.15, 0.2) is 0 Å². The number of hydrogen-bond acceptors (Lipinski definition) is 0. The van der Waals surface area contributed by atoms with Crippen LogP contribution in [0.2, 0.25) is 0 Å². The molecule has 0 aliphatic heterocycles. The molecule has 2 unspecified atom stereocenters. The van der Waals surface area contributed by atoms with E-state index >= 15 is 0 Å². The van der Waals surface area contributed by atoms with Crippen LogP contribution in [0.4, 0.5) is 0 Å². The maximum Gasteiger partial charge on any atom is 0.102 e. The molecule has 0 aromatic heterocycles. The van der Waals surface area contributed by atoms with Crippen LogP contribution in [0.15, 0.2) is 121 Å². The van der Waals surface area contributed by atoms with E-state index in [2.05, 4.69) is 185 Å². The van der Waals surface area contributed by atoms with E-state index < -0.39 is 6.47 Å². The third-order valence-electron chi connectivity index (χ3n) is 10.1. The molecular formula is C34H28Br4. The molecule has 2 atom stereocenters. The van der Waals surface area contributed by atoms with Gasteiger partial charge in [0, 0.05) is 16.2 Å². The molecule has 0 saturated heterocycles. The minimum absolute atomic E-state index is 0.0168. The Kier molecular flexibility index (Phi) is 5.86. The van der Waals surface area contributed by atoms with Crippen LogP contribution in [-0.2, 0) is 21.7 Å². The quantitative estimate of drug-likeness (QED) is 0.182. The first kappa shape index (κ1) is 25.7. The van der Waals surface area contributed by atoms with Gasteiger partial charge in [0.25, 0.3) is 0 Å². The van der Waals surface area contributed by atoms with Crippen LogP contribution < -0.4 is 0 Å². The predicted octanol–water partition coefficient (Wildman–Crippen LogP) is 10.3. The van der Waals surface area contributed by atoms with Crippen LogP contribution in [0.25, 0.3) is 0 Å². The van der Waals surface area contributed by atoms with Gasteiger partial charge < -0.3 is 0 Å². The topological polar surface area (TPSA) is 0 Å². The predicted molar refractivity (Wildman–Crippen MR) is 172 cm³/mol. The second-order valence-corrected chi connectivity index (χ2v) is 18.6. The molecule has 0 amide bonds. The fourth-order valence-corrected chi connectivity index (χ4v) is 14.5. The third kappa shape index (κ3) is 3.02. The van der Waals surface area contributed by atoms with Crippen molar-refractivity contribution in [2.45, 2.75) is 53.8 Å². The molecule has 4 aromatic rings. The molecule has 38 heavy (non-hydrogen) atoms. The van der Waals surface area contributed by atoms with Crippen LogP contribution in [0, 0.1) is 0 Å². The van der Waals surface area contributed by atoms with E-state index in [1.54, 1.807) is 0 Å². The van der Waals surface area contributed by atoms with Gasteiger partial charge >= 0.3 is 0 Å². The summed E-state index contributed by atoms with van der Waals surface area (Å²) in [5, 5.41) is 0. The van der Waals surface area contributed by atoms with E-state index in [0.29, 0.717) is 0 Å². The summed E-state index contributed by atoms with van der Waals surface area (Å²) in [6.45, 7) is 0. The molecule has 4 aliphatic carbocycles. The van der Waals surface area contributed by atoms with Gasteiger partial charge in [-0.15, -0.1) is 0 Å². The van der Waals surface area contributed by atoms with Crippen molar-refractivity contribution in [3.05, 3.63) is 144 Å². The Labute approximate surface area is 259 Å². The van der Waals surface area contributed by atoms with Crippen molar-refractivity contribution in [2.24, 2.45) is 0 Å². The molecule has 0 spiro atoms. The molecular weight excluding hydrogens is 728 g/mol. The highest BCUT2D eigenvalue weighted by atomic mass is 79.9. The standard InChI is InChI=1S/C34H28Br4/c35-33(36)30(26-15-7-2-8-16-26)21-29(25-13-5-1-6-14-25)22-31(24-30,27-17-9-3-10-18-27)34(37,38)32(33,23-29)28-19-11-4-12-20-28/h1-20H,21-24H2. The van der Waals surface area contributed by atoms with Crippen LogP contribution in [0.1, 0.15) is 47.9 Å². The summed E-state index contributed by atoms with van der Waals surface area (Å²) >= 11 is 18.0. The van der Waals surface area contributed by atoms with Gasteiger partial charge in [-0.25, -0.2) is 0 Å². The first-order valence-electron chi connectivity index (χ1n) is 13.2. The zero-order valence-corrected chi connectivity index (χ0v) is 27.2. The zero-order valence-electron chi connectivity index (χ0n) is 20.9. The summed E-state index contributed by atoms with van der Waals surface area (Å²) in [5.41, 5.74) is 4.84. The summed E-state index contributed by atoms with van der Waals surface area (Å²) < 4.78 is -0.848. The second-order valence-electron chi connectivity index (χ2n) is 11.7. The highest BCUT2D eigenvalue weighted by molar-refractivity contribution is 9.26. The van der Waals surface area contributed by atoms with Crippen LogP contribution in [-0.4, -0.2) is 6.47 Å². The molecule has 192 valence electrons. The van der Waals surface area contributed by atoms with Crippen molar-refractivity contribution < 1.29 is 0 Å². The summed E-state index contributed by atoms with van der Waals surface area (Å²) in [4.78, 5) is 0. The summed E-state index contributed by atoms with van der Waals surface area (Å²) in [5.74, 6) is 0. The van der Waals surface area contributed by atoms with Gasteiger partial charge in [0.1, 0.15) is 6.47 Å². The molecule has 8 rings (SSSR count). The fraction of sp³-hybridized carbons (Fsp3) is 0.294. The molecule has 4 saturated carbocycles. The summed E-state index contributed by atoms with van der Waals surface area (Å²) in [6.07, 6.45) is 4.15. The number of halogens is 4. The Bertz CT molecular complexity index is 1400. The van der Waals surface area contributed by atoms with Crippen LogP contribution in [0.3, 0.4) is 0 Å². The number of alkyl halides is 4. The maximum atomic E-state index is 4.50. The van der Waals surface area contributed by atoms with Crippen molar-refractivity contribution in [1.82, 2.24) is 0 Å². The maximum absolute atomic E-state index is 4.50. The highest BCUT2D eigenvalue weighted by Crippen LogP contribution is 2.86. The molecule has 4 bridgehead atoms. The van der Waals surface area contributed by atoms with Crippen molar-refractivity contribution in [3.8, 4) is 0 Å². The lowest BCUT2D eigenvalue weighted by Gasteiger charge is -2.80. The van der Waals surface area contributed by atoms with E-state index in [-0.39, 0.29) is 21.7 Å². The molecule has 4 aliphatic rings.